The van der Waals surface area contributed by atoms with Crippen molar-refractivity contribution in [3.63, 3.8) is 0 Å². The Kier molecular flexibility index (Phi) is 5.96. The lowest BCUT2D eigenvalue weighted by Crippen LogP contribution is -1.95. The highest BCUT2D eigenvalue weighted by atomic mass is 16.5. The second kappa shape index (κ2) is 7.65. The van der Waals surface area contributed by atoms with Gasteiger partial charge in [0.15, 0.2) is 0 Å². The van der Waals surface area contributed by atoms with Gasteiger partial charge >= 0.3 is 5.97 Å². The minimum absolute atomic E-state index is 0.615. The van der Waals surface area contributed by atoms with E-state index < -0.39 is 5.97 Å². The standard InChI is InChI=1S/C13H16O3/c14-13(15)9-5-2-6-10-16-11-12-7-3-1-4-8-12/h1,3-5,7-9H,2,6,10-11H2,(H,14,15)/b9-5+. The number of unbranched alkanes of at least 4 members (excludes halogenated alkanes) is 1. The van der Waals surface area contributed by atoms with E-state index in [1.807, 2.05) is 30.3 Å². The lowest BCUT2D eigenvalue weighted by molar-refractivity contribution is -0.131. The van der Waals surface area contributed by atoms with Gasteiger partial charge in [-0.2, -0.15) is 0 Å². The van der Waals surface area contributed by atoms with Crippen LogP contribution in [-0.2, 0) is 16.1 Å². The van der Waals surface area contributed by atoms with Gasteiger partial charge < -0.3 is 9.84 Å². The number of carboxylic acid groups (broad SMARTS) is 1. The van der Waals surface area contributed by atoms with Crippen LogP contribution in [0.1, 0.15) is 18.4 Å². The summed E-state index contributed by atoms with van der Waals surface area (Å²) in [7, 11) is 0. The van der Waals surface area contributed by atoms with Crippen molar-refractivity contribution in [2.75, 3.05) is 6.61 Å². The molecule has 0 spiro atoms. The van der Waals surface area contributed by atoms with Gasteiger partial charge in [0, 0.05) is 12.7 Å². The lowest BCUT2D eigenvalue weighted by Gasteiger charge is -2.02. The maximum absolute atomic E-state index is 10.2. The largest absolute Gasteiger partial charge is 0.478 e. The van der Waals surface area contributed by atoms with Gasteiger partial charge in [0.1, 0.15) is 0 Å². The molecule has 1 aromatic rings. The molecular formula is C13H16O3. The van der Waals surface area contributed by atoms with Gasteiger partial charge in [-0.3, -0.25) is 0 Å². The first-order valence-corrected chi connectivity index (χ1v) is 5.30. The number of hydrogen-bond donors (Lipinski definition) is 1. The molecule has 0 unspecified atom stereocenters. The van der Waals surface area contributed by atoms with E-state index in [1.165, 1.54) is 0 Å². The van der Waals surface area contributed by atoms with Crippen LogP contribution in [0.25, 0.3) is 0 Å². The first kappa shape index (κ1) is 12.5. The Bertz CT molecular complexity index is 330. The van der Waals surface area contributed by atoms with Gasteiger partial charge in [-0.25, -0.2) is 4.79 Å². The highest BCUT2D eigenvalue weighted by Crippen LogP contribution is 2.01. The monoisotopic (exact) mass is 220 g/mol. The number of allylic oxidation sites excluding steroid dienone is 1. The number of aliphatic carboxylic acids is 1. The maximum atomic E-state index is 10.2. The molecule has 1 N–H and O–H groups in total. The summed E-state index contributed by atoms with van der Waals surface area (Å²) in [6.07, 6.45) is 4.39. The van der Waals surface area contributed by atoms with E-state index >= 15 is 0 Å². The van der Waals surface area contributed by atoms with E-state index in [4.69, 9.17) is 9.84 Å². The van der Waals surface area contributed by atoms with Crippen LogP contribution in [-0.4, -0.2) is 17.7 Å². The summed E-state index contributed by atoms with van der Waals surface area (Å²) in [5.41, 5.74) is 1.16. The molecule has 0 radical (unpaired) electrons. The highest BCUT2D eigenvalue weighted by Gasteiger charge is 1.91. The molecule has 1 rings (SSSR count). The Balaban J connectivity index is 2.02. The summed E-state index contributed by atoms with van der Waals surface area (Å²) >= 11 is 0. The van der Waals surface area contributed by atoms with E-state index in [2.05, 4.69) is 0 Å². The second-order valence-electron chi connectivity index (χ2n) is 3.42. The van der Waals surface area contributed by atoms with Crippen LogP contribution < -0.4 is 0 Å². The molecule has 0 bridgehead atoms. The maximum Gasteiger partial charge on any atom is 0.327 e. The molecule has 0 fully saturated rings. The zero-order chi connectivity index (χ0) is 11.6. The molecule has 86 valence electrons. The number of carbonyl (C=O) groups is 1. The molecule has 0 aliphatic heterocycles. The van der Waals surface area contributed by atoms with Crippen LogP contribution in [0.4, 0.5) is 0 Å². The third kappa shape index (κ3) is 5.98. The summed E-state index contributed by atoms with van der Waals surface area (Å²) in [6, 6.07) is 9.97. The van der Waals surface area contributed by atoms with Crippen molar-refractivity contribution in [1.29, 1.82) is 0 Å². The molecule has 0 saturated heterocycles. The topological polar surface area (TPSA) is 46.5 Å². The van der Waals surface area contributed by atoms with Crippen molar-refractivity contribution < 1.29 is 14.6 Å². The normalized spacial score (nSPS) is 10.8. The zero-order valence-corrected chi connectivity index (χ0v) is 9.13. The fraction of sp³-hybridized carbons (Fsp3) is 0.308. The molecule has 3 heteroatoms. The van der Waals surface area contributed by atoms with E-state index in [0.717, 1.165) is 24.5 Å². The van der Waals surface area contributed by atoms with E-state index in [-0.39, 0.29) is 0 Å². The van der Waals surface area contributed by atoms with Crippen LogP contribution >= 0.6 is 0 Å². The SMILES string of the molecule is O=C(O)/C=C/CCCOCc1ccccc1. The van der Waals surface area contributed by atoms with Gasteiger partial charge in [0.25, 0.3) is 0 Å². The molecule has 0 aliphatic rings. The predicted octanol–water partition coefficient (Wildman–Crippen LogP) is 2.62. The Morgan fingerprint density at radius 2 is 2.06 bits per heavy atom. The van der Waals surface area contributed by atoms with Crippen LogP contribution in [0.15, 0.2) is 42.5 Å². The van der Waals surface area contributed by atoms with Gasteiger partial charge in [-0.1, -0.05) is 36.4 Å². The fourth-order valence-electron chi connectivity index (χ4n) is 1.25. The fourth-order valence-corrected chi connectivity index (χ4v) is 1.25. The Morgan fingerprint density at radius 1 is 1.31 bits per heavy atom. The molecule has 0 aliphatic carbocycles. The molecule has 1 aromatic carbocycles. The molecule has 0 saturated carbocycles. The molecule has 16 heavy (non-hydrogen) atoms. The van der Waals surface area contributed by atoms with Crippen molar-refractivity contribution in [2.24, 2.45) is 0 Å². The lowest BCUT2D eigenvalue weighted by atomic mass is 10.2. The summed E-state index contributed by atoms with van der Waals surface area (Å²) < 4.78 is 5.45. The van der Waals surface area contributed by atoms with Crippen LogP contribution in [0.5, 0.6) is 0 Å². The van der Waals surface area contributed by atoms with Crippen molar-refractivity contribution in [1.82, 2.24) is 0 Å². The number of ether oxygens (including phenoxy) is 1. The van der Waals surface area contributed by atoms with Crippen molar-refractivity contribution >= 4 is 5.97 Å². The highest BCUT2D eigenvalue weighted by molar-refractivity contribution is 5.79. The molecule has 0 atom stereocenters. The van der Waals surface area contributed by atoms with Gasteiger partial charge in [0.05, 0.1) is 6.61 Å². The Hall–Kier alpha value is -1.61. The van der Waals surface area contributed by atoms with Gasteiger partial charge in [-0.15, -0.1) is 0 Å². The van der Waals surface area contributed by atoms with Crippen LogP contribution in [0.2, 0.25) is 0 Å². The van der Waals surface area contributed by atoms with Crippen molar-refractivity contribution in [3.8, 4) is 0 Å². The zero-order valence-electron chi connectivity index (χ0n) is 9.13. The molecule has 0 heterocycles. The van der Waals surface area contributed by atoms with Crippen molar-refractivity contribution in [3.05, 3.63) is 48.0 Å². The summed E-state index contributed by atoms with van der Waals surface area (Å²) in [6.45, 7) is 1.27. The van der Waals surface area contributed by atoms with E-state index in [1.54, 1.807) is 6.08 Å². The van der Waals surface area contributed by atoms with Crippen LogP contribution in [0, 0.1) is 0 Å². The first-order valence-electron chi connectivity index (χ1n) is 5.30. The number of hydrogen-bond acceptors (Lipinski definition) is 2. The molecule has 0 amide bonds. The van der Waals surface area contributed by atoms with E-state index in [0.29, 0.717) is 13.2 Å². The third-order valence-electron chi connectivity index (χ3n) is 2.03. The second-order valence-corrected chi connectivity index (χ2v) is 3.42. The minimum Gasteiger partial charge on any atom is -0.478 e. The molecular weight excluding hydrogens is 204 g/mol. The van der Waals surface area contributed by atoms with Crippen molar-refractivity contribution in [2.45, 2.75) is 19.4 Å². The van der Waals surface area contributed by atoms with Gasteiger partial charge in [-0.05, 0) is 18.4 Å². The Labute approximate surface area is 95.4 Å². The average Bonchev–Trinajstić information content (AvgIpc) is 2.29. The van der Waals surface area contributed by atoms with Crippen LogP contribution in [0.3, 0.4) is 0 Å². The Morgan fingerprint density at radius 3 is 2.75 bits per heavy atom. The molecule has 0 aromatic heterocycles. The predicted molar refractivity (Wildman–Crippen MR) is 62.1 cm³/mol. The molecule has 3 nitrogen and oxygen atoms in total. The number of benzene rings is 1. The number of carboxylic acids is 1. The minimum atomic E-state index is -0.898. The van der Waals surface area contributed by atoms with E-state index in [9.17, 15) is 4.79 Å². The summed E-state index contributed by atoms with van der Waals surface area (Å²) in [5.74, 6) is -0.898. The summed E-state index contributed by atoms with van der Waals surface area (Å²) in [5, 5.41) is 8.35. The average molecular weight is 220 g/mol. The van der Waals surface area contributed by atoms with Gasteiger partial charge in [0.2, 0.25) is 0 Å². The first-order chi connectivity index (χ1) is 7.79. The third-order valence-corrected chi connectivity index (χ3v) is 2.03. The quantitative estimate of drug-likeness (QED) is 0.567. The smallest absolute Gasteiger partial charge is 0.327 e. The number of rotatable bonds is 7. The summed E-state index contributed by atoms with van der Waals surface area (Å²) in [4.78, 5) is 10.2.